The fourth-order valence-corrected chi connectivity index (χ4v) is 2.93. The van der Waals surface area contributed by atoms with Gasteiger partial charge in [0, 0.05) is 11.6 Å². The molecule has 0 spiro atoms. The number of aliphatic imine (C=N–C) groups is 1. The maximum atomic E-state index is 5.75. The first kappa shape index (κ1) is 18.1. The van der Waals surface area contributed by atoms with Crippen molar-refractivity contribution in [1.29, 1.82) is 0 Å². The number of nitrogens with two attached hydrogens (primary N) is 1. The van der Waals surface area contributed by atoms with Crippen LogP contribution in [0.2, 0.25) is 0 Å². The summed E-state index contributed by atoms with van der Waals surface area (Å²) >= 11 is 1.47. The van der Waals surface area contributed by atoms with Crippen molar-refractivity contribution < 1.29 is 0 Å². The predicted octanol–water partition coefficient (Wildman–Crippen LogP) is 5.72. The molecule has 4 heteroatoms. The highest BCUT2D eigenvalue weighted by molar-refractivity contribution is 7.13. The molecule has 2 N–H and O–H groups in total. The van der Waals surface area contributed by atoms with Gasteiger partial charge in [-0.1, -0.05) is 35.5 Å². The lowest BCUT2D eigenvalue weighted by Gasteiger charge is -2.05. The Balaban J connectivity index is 2.22. The number of nitrogen functional groups attached to an aromatic ring is 1. The minimum absolute atomic E-state index is 0.597. The minimum Gasteiger partial charge on any atom is -0.375 e. The summed E-state index contributed by atoms with van der Waals surface area (Å²) in [7, 11) is 0. The van der Waals surface area contributed by atoms with Crippen LogP contribution in [-0.4, -0.2) is 11.2 Å². The average Bonchev–Trinajstić information content (AvgIpc) is 2.92. The second kappa shape index (κ2) is 8.60. The van der Waals surface area contributed by atoms with Crippen LogP contribution in [-0.2, 0) is 0 Å². The number of nitrogens with zero attached hydrogens (tertiary/aromatic N) is 2. The largest absolute Gasteiger partial charge is 0.375 e. The summed E-state index contributed by atoms with van der Waals surface area (Å²) in [4.78, 5) is 8.96. The van der Waals surface area contributed by atoms with Gasteiger partial charge in [-0.3, -0.25) is 4.99 Å². The Labute approximate surface area is 148 Å². The van der Waals surface area contributed by atoms with Crippen LogP contribution in [0.3, 0.4) is 0 Å². The number of hydrogen-bond donors (Lipinski definition) is 1. The average molecular weight is 340 g/mol. The number of allylic oxidation sites excluding steroid dienone is 9. The fourth-order valence-electron chi connectivity index (χ4n) is 2.37. The first-order valence-electron chi connectivity index (χ1n) is 8.12. The van der Waals surface area contributed by atoms with Gasteiger partial charge in [-0.05, 0) is 57.8 Å². The van der Waals surface area contributed by atoms with Gasteiger partial charge >= 0.3 is 0 Å². The molecule has 0 aromatic carbocycles. The number of anilines is 1. The van der Waals surface area contributed by atoms with Crippen molar-refractivity contribution in [2.75, 3.05) is 5.73 Å². The Kier molecular flexibility index (Phi) is 6.50. The number of hydrogen-bond acceptors (Lipinski definition) is 4. The molecule has 0 saturated heterocycles. The molecule has 0 amide bonds. The van der Waals surface area contributed by atoms with E-state index in [0.29, 0.717) is 5.13 Å². The third-order valence-electron chi connectivity index (χ3n) is 3.71. The molecule has 2 rings (SSSR count). The van der Waals surface area contributed by atoms with Crippen molar-refractivity contribution in [2.45, 2.75) is 40.5 Å². The molecular weight excluding hydrogens is 314 g/mol. The zero-order chi connectivity index (χ0) is 17.5. The van der Waals surface area contributed by atoms with Gasteiger partial charge in [0.05, 0.1) is 11.4 Å². The molecule has 0 fully saturated rings. The Morgan fingerprint density at radius 1 is 1.25 bits per heavy atom. The molecule has 0 atom stereocenters. The summed E-state index contributed by atoms with van der Waals surface area (Å²) in [5, 5.41) is 2.59. The molecule has 1 aromatic heterocycles. The second-order valence-corrected chi connectivity index (χ2v) is 6.95. The van der Waals surface area contributed by atoms with Crippen LogP contribution < -0.4 is 5.73 Å². The topological polar surface area (TPSA) is 51.3 Å². The van der Waals surface area contributed by atoms with Crippen LogP contribution in [0.4, 0.5) is 5.13 Å². The van der Waals surface area contributed by atoms with Crippen molar-refractivity contribution in [2.24, 2.45) is 4.99 Å². The van der Waals surface area contributed by atoms with Crippen LogP contribution in [0.1, 0.15) is 46.2 Å². The third kappa shape index (κ3) is 5.17. The molecule has 0 aliphatic carbocycles. The number of rotatable bonds is 4. The number of thiazole rings is 1. The summed E-state index contributed by atoms with van der Waals surface area (Å²) in [6.45, 7) is 8.38. The SMILES string of the molecule is CC(C)=C(\C=C/C=C(C)/C1=C/C(C)=C\CCC=N1)c1csc(N)n1. The van der Waals surface area contributed by atoms with E-state index in [1.807, 2.05) is 11.6 Å². The lowest BCUT2D eigenvalue weighted by atomic mass is 10.1. The van der Waals surface area contributed by atoms with Crippen LogP contribution >= 0.6 is 11.3 Å². The van der Waals surface area contributed by atoms with Gasteiger partial charge in [0.1, 0.15) is 0 Å². The first-order valence-corrected chi connectivity index (χ1v) is 9.00. The highest BCUT2D eigenvalue weighted by atomic mass is 32.1. The van der Waals surface area contributed by atoms with Crippen molar-refractivity contribution in [3.8, 4) is 0 Å². The molecule has 24 heavy (non-hydrogen) atoms. The van der Waals surface area contributed by atoms with Gasteiger partial charge in [0.25, 0.3) is 0 Å². The molecule has 0 unspecified atom stereocenters. The molecule has 1 aliphatic heterocycles. The van der Waals surface area contributed by atoms with Crippen molar-refractivity contribution in [1.82, 2.24) is 4.98 Å². The smallest absolute Gasteiger partial charge is 0.180 e. The zero-order valence-corrected chi connectivity index (χ0v) is 15.7. The fraction of sp³-hybridized carbons (Fsp3) is 0.300. The van der Waals surface area contributed by atoms with Gasteiger partial charge in [-0.15, -0.1) is 11.3 Å². The molecule has 2 heterocycles. The monoisotopic (exact) mass is 339 g/mol. The summed E-state index contributed by atoms with van der Waals surface area (Å²) in [5.74, 6) is 0. The van der Waals surface area contributed by atoms with E-state index >= 15 is 0 Å². The van der Waals surface area contributed by atoms with E-state index in [9.17, 15) is 0 Å². The second-order valence-electron chi connectivity index (χ2n) is 6.06. The van der Waals surface area contributed by atoms with Crippen LogP contribution in [0.15, 0.2) is 63.2 Å². The van der Waals surface area contributed by atoms with Gasteiger partial charge in [0.2, 0.25) is 0 Å². The molecule has 126 valence electrons. The van der Waals surface area contributed by atoms with Crippen molar-refractivity contribution in [3.63, 3.8) is 0 Å². The van der Waals surface area contributed by atoms with Gasteiger partial charge in [-0.25, -0.2) is 4.98 Å². The molecule has 1 aromatic rings. The van der Waals surface area contributed by atoms with E-state index in [-0.39, 0.29) is 0 Å². The molecule has 1 aliphatic rings. The van der Waals surface area contributed by atoms with E-state index in [4.69, 9.17) is 5.73 Å². The van der Waals surface area contributed by atoms with Gasteiger partial charge < -0.3 is 5.73 Å². The lowest BCUT2D eigenvalue weighted by molar-refractivity contribution is 1.08. The third-order valence-corrected chi connectivity index (χ3v) is 4.38. The molecule has 0 radical (unpaired) electrons. The quantitative estimate of drug-likeness (QED) is 0.714. The van der Waals surface area contributed by atoms with Crippen LogP contribution in [0.5, 0.6) is 0 Å². The van der Waals surface area contributed by atoms with Gasteiger partial charge in [0.15, 0.2) is 5.13 Å². The molecular formula is C20H25N3S. The minimum atomic E-state index is 0.597. The van der Waals surface area contributed by atoms with Gasteiger partial charge in [-0.2, -0.15) is 0 Å². The van der Waals surface area contributed by atoms with E-state index in [1.54, 1.807) is 0 Å². The summed E-state index contributed by atoms with van der Waals surface area (Å²) in [6.07, 6.45) is 14.7. The Hall–Kier alpha value is -2.20. The van der Waals surface area contributed by atoms with E-state index in [0.717, 1.165) is 35.4 Å². The Morgan fingerprint density at radius 2 is 2.04 bits per heavy atom. The molecule has 0 saturated carbocycles. The van der Waals surface area contributed by atoms with Crippen LogP contribution in [0.25, 0.3) is 5.57 Å². The highest BCUT2D eigenvalue weighted by Crippen LogP contribution is 2.24. The highest BCUT2D eigenvalue weighted by Gasteiger charge is 2.04. The Morgan fingerprint density at radius 3 is 2.71 bits per heavy atom. The molecule has 0 bridgehead atoms. The zero-order valence-electron chi connectivity index (χ0n) is 14.8. The maximum absolute atomic E-state index is 5.75. The predicted molar refractivity (Wildman–Crippen MR) is 107 cm³/mol. The van der Waals surface area contributed by atoms with E-state index < -0.39 is 0 Å². The van der Waals surface area contributed by atoms with E-state index in [2.05, 4.69) is 68.1 Å². The summed E-state index contributed by atoms with van der Waals surface area (Å²) in [5.41, 5.74) is 12.4. The molecule has 3 nitrogen and oxygen atoms in total. The van der Waals surface area contributed by atoms with Crippen LogP contribution in [0, 0.1) is 0 Å². The number of aromatic nitrogens is 1. The normalized spacial score (nSPS) is 20.1. The summed E-state index contributed by atoms with van der Waals surface area (Å²) < 4.78 is 0. The lowest BCUT2D eigenvalue weighted by Crippen LogP contribution is -1.89. The first-order chi connectivity index (χ1) is 11.5. The standard InChI is InChI=1S/C20H25N3S/c1-14(2)17(19-13-24-20(21)23-19)10-7-9-16(4)18-12-15(3)8-5-6-11-22-18/h7-13H,5-6H2,1-4H3,(H2,21,23)/b10-7-,15-8-,16-9+,18-12-,22-11?. The van der Waals surface area contributed by atoms with Crippen molar-refractivity contribution >= 4 is 28.3 Å². The summed E-state index contributed by atoms with van der Waals surface area (Å²) in [6, 6.07) is 0. The Bertz CT molecular complexity index is 767. The van der Waals surface area contributed by atoms with E-state index in [1.165, 1.54) is 22.5 Å². The maximum Gasteiger partial charge on any atom is 0.180 e. The van der Waals surface area contributed by atoms with Crippen molar-refractivity contribution in [3.05, 3.63) is 63.9 Å².